The van der Waals surface area contributed by atoms with Crippen LogP contribution in [-0.4, -0.2) is 36.1 Å². The number of benzene rings is 2. The normalized spacial score (nSPS) is 17.9. The lowest BCUT2D eigenvalue weighted by atomic mass is 9.89. The maximum absolute atomic E-state index is 5.13. The maximum Gasteiger partial charge on any atom is 0.132 e. The van der Waals surface area contributed by atoms with Gasteiger partial charge in [0, 0.05) is 38.1 Å². The Morgan fingerprint density at radius 1 is 0.741 bits per heavy atom. The summed E-state index contributed by atoms with van der Waals surface area (Å²) in [6, 6.07) is 19.5. The molecule has 138 valence electrons. The highest BCUT2D eigenvalue weighted by atomic mass is 15.3. The highest BCUT2D eigenvalue weighted by molar-refractivity contribution is 5.86. The summed E-state index contributed by atoms with van der Waals surface area (Å²) in [6.07, 6.45) is 5.01. The minimum atomic E-state index is 1.05. The molecule has 0 spiro atoms. The first-order valence-corrected chi connectivity index (χ1v) is 10.3. The minimum absolute atomic E-state index is 1.05. The van der Waals surface area contributed by atoms with Gasteiger partial charge in [0.25, 0.3) is 0 Å². The Labute approximate surface area is 161 Å². The summed E-state index contributed by atoms with van der Waals surface area (Å²) in [5, 5.41) is 1.37. The first kappa shape index (κ1) is 16.8. The fourth-order valence-electron chi connectivity index (χ4n) is 4.68. The number of para-hydroxylation sites is 1. The third-order valence-electron chi connectivity index (χ3n) is 6.11. The van der Waals surface area contributed by atoms with Crippen LogP contribution >= 0.6 is 0 Å². The molecule has 0 amide bonds. The van der Waals surface area contributed by atoms with Crippen LogP contribution in [0.1, 0.15) is 29.5 Å². The molecule has 27 heavy (non-hydrogen) atoms. The van der Waals surface area contributed by atoms with Crippen molar-refractivity contribution in [3.8, 4) is 0 Å². The minimum Gasteiger partial charge on any atom is -0.354 e. The molecule has 2 heterocycles. The van der Waals surface area contributed by atoms with Crippen LogP contribution in [0.4, 0.5) is 5.82 Å². The molecule has 2 aliphatic rings. The molecule has 1 fully saturated rings. The molecule has 0 N–H and O–H groups in total. The van der Waals surface area contributed by atoms with Gasteiger partial charge >= 0.3 is 0 Å². The first-order valence-electron chi connectivity index (χ1n) is 10.3. The Morgan fingerprint density at radius 3 is 2.26 bits per heavy atom. The summed E-state index contributed by atoms with van der Waals surface area (Å²) in [7, 11) is 0. The Kier molecular flexibility index (Phi) is 4.54. The van der Waals surface area contributed by atoms with Gasteiger partial charge < -0.3 is 4.90 Å². The van der Waals surface area contributed by atoms with E-state index in [2.05, 4.69) is 64.4 Å². The van der Waals surface area contributed by atoms with E-state index in [1.807, 2.05) is 0 Å². The molecule has 3 aromatic rings. The quantitative estimate of drug-likeness (QED) is 0.691. The van der Waals surface area contributed by atoms with Gasteiger partial charge in [-0.3, -0.25) is 4.90 Å². The average Bonchev–Trinajstić information content (AvgIpc) is 2.75. The lowest BCUT2D eigenvalue weighted by Gasteiger charge is -2.37. The summed E-state index contributed by atoms with van der Waals surface area (Å²) in [6.45, 7) is 5.42. The highest BCUT2D eigenvalue weighted by Crippen LogP contribution is 2.34. The van der Waals surface area contributed by atoms with Gasteiger partial charge in [0.1, 0.15) is 5.82 Å². The van der Waals surface area contributed by atoms with Crippen LogP contribution in [0.5, 0.6) is 0 Å². The topological polar surface area (TPSA) is 19.4 Å². The molecule has 0 atom stereocenters. The largest absolute Gasteiger partial charge is 0.354 e. The van der Waals surface area contributed by atoms with Crippen molar-refractivity contribution < 1.29 is 0 Å². The van der Waals surface area contributed by atoms with Crippen LogP contribution in [0.2, 0.25) is 0 Å². The molecule has 0 unspecified atom stereocenters. The van der Waals surface area contributed by atoms with E-state index in [0.717, 1.165) is 32.7 Å². The van der Waals surface area contributed by atoms with E-state index in [9.17, 15) is 0 Å². The van der Waals surface area contributed by atoms with Crippen molar-refractivity contribution in [2.24, 2.45) is 0 Å². The highest BCUT2D eigenvalue weighted by Gasteiger charge is 2.24. The second-order valence-corrected chi connectivity index (χ2v) is 7.87. The van der Waals surface area contributed by atoms with Crippen molar-refractivity contribution in [3.05, 3.63) is 71.3 Å². The molecule has 0 bridgehead atoms. The summed E-state index contributed by atoms with van der Waals surface area (Å²) in [5.74, 6) is 1.27. The standard InChI is InChI=1S/C24H27N3/c1-2-8-19(9-3-1)18-26-14-16-27(17-15-26)24-22-12-5-4-10-20(22)21-11-6-7-13-23(21)25-24/h1-3,6-9,11,13H,4-5,10,12,14-18H2. The molecular formula is C24H27N3. The smallest absolute Gasteiger partial charge is 0.132 e. The number of aromatic nitrogens is 1. The van der Waals surface area contributed by atoms with E-state index in [-0.39, 0.29) is 0 Å². The average molecular weight is 358 g/mol. The predicted octanol–water partition coefficient (Wildman–Crippen LogP) is 4.44. The predicted molar refractivity (Wildman–Crippen MR) is 112 cm³/mol. The number of hydrogen-bond donors (Lipinski definition) is 0. The second kappa shape index (κ2) is 7.32. The van der Waals surface area contributed by atoms with Crippen molar-refractivity contribution in [3.63, 3.8) is 0 Å². The zero-order valence-electron chi connectivity index (χ0n) is 15.9. The van der Waals surface area contributed by atoms with Crippen LogP contribution in [0, 0.1) is 0 Å². The van der Waals surface area contributed by atoms with Gasteiger partial charge in [-0.1, -0.05) is 48.5 Å². The number of rotatable bonds is 3. The summed E-state index contributed by atoms with van der Waals surface area (Å²) < 4.78 is 0. The number of fused-ring (bicyclic) bond motifs is 3. The van der Waals surface area contributed by atoms with E-state index in [1.54, 1.807) is 5.56 Å². The molecule has 0 saturated carbocycles. The fraction of sp³-hybridized carbons (Fsp3) is 0.375. The lowest BCUT2D eigenvalue weighted by Crippen LogP contribution is -2.46. The van der Waals surface area contributed by atoms with Crippen LogP contribution in [0.3, 0.4) is 0 Å². The summed E-state index contributed by atoms with van der Waals surface area (Å²) in [4.78, 5) is 10.2. The Balaban J connectivity index is 1.39. The van der Waals surface area contributed by atoms with E-state index < -0.39 is 0 Å². The van der Waals surface area contributed by atoms with Gasteiger partial charge in [0.05, 0.1) is 5.52 Å². The van der Waals surface area contributed by atoms with Crippen molar-refractivity contribution in [2.45, 2.75) is 32.2 Å². The molecule has 3 heteroatoms. The summed E-state index contributed by atoms with van der Waals surface area (Å²) >= 11 is 0. The van der Waals surface area contributed by atoms with E-state index in [4.69, 9.17) is 4.98 Å². The number of hydrogen-bond acceptors (Lipinski definition) is 3. The van der Waals surface area contributed by atoms with Gasteiger partial charge in [-0.05, 0) is 48.4 Å². The monoisotopic (exact) mass is 357 g/mol. The molecule has 1 aliphatic heterocycles. The molecule has 3 nitrogen and oxygen atoms in total. The van der Waals surface area contributed by atoms with Gasteiger partial charge in [-0.2, -0.15) is 0 Å². The third kappa shape index (κ3) is 3.32. The number of pyridine rings is 1. The molecule has 1 aliphatic carbocycles. The third-order valence-corrected chi connectivity index (χ3v) is 6.11. The SMILES string of the molecule is c1ccc(CN2CCN(c3nc4ccccc4c4c3CCCC4)CC2)cc1. The molecule has 0 radical (unpaired) electrons. The molecule has 1 saturated heterocycles. The molecule has 5 rings (SSSR count). The Hall–Kier alpha value is -2.39. The molecule has 1 aromatic heterocycles. The van der Waals surface area contributed by atoms with E-state index in [1.165, 1.54) is 53.5 Å². The summed E-state index contributed by atoms with van der Waals surface area (Å²) in [5.41, 5.74) is 5.66. The fourth-order valence-corrected chi connectivity index (χ4v) is 4.68. The zero-order chi connectivity index (χ0) is 18.1. The van der Waals surface area contributed by atoms with Gasteiger partial charge in [-0.25, -0.2) is 4.98 Å². The van der Waals surface area contributed by atoms with Crippen molar-refractivity contribution in [1.82, 2.24) is 9.88 Å². The van der Waals surface area contributed by atoms with E-state index in [0.29, 0.717) is 0 Å². The Morgan fingerprint density at radius 2 is 1.44 bits per heavy atom. The lowest BCUT2D eigenvalue weighted by molar-refractivity contribution is 0.249. The van der Waals surface area contributed by atoms with Gasteiger partial charge in [0.2, 0.25) is 0 Å². The maximum atomic E-state index is 5.13. The zero-order valence-corrected chi connectivity index (χ0v) is 15.9. The number of aryl methyl sites for hydroxylation is 1. The second-order valence-electron chi connectivity index (χ2n) is 7.87. The van der Waals surface area contributed by atoms with Crippen LogP contribution < -0.4 is 4.90 Å². The molecule has 2 aromatic carbocycles. The number of nitrogens with zero attached hydrogens (tertiary/aromatic N) is 3. The van der Waals surface area contributed by atoms with Crippen molar-refractivity contribution >= 4 is 16.7 Å². The molecular weight excluding hydrogens is 330 g/mol. The van der Waals surface area contributed by atoms with Crippen LogP contribution in [0.15, 0.2) is 54.6 Å². The Bertz CT molecular complexity index is 927. The number of piperazine rings is 1. The van der Waals surface area contributed by atoms with Crippen molar-refractivity contribution in [1.29, 1.82) is 0 Å². The first-order chi connectivity index (χ1) is 13.4. The number of anilines is 1. The van der Waals surface area contributed by atoms with Crippen molar-refractivity contribution in [2.75, 3.05) is 31.1 Å². The van der Waals surface area contributed by atoms with Gasteiger partial charge in [0.15, 0.2) is 0 Å². The van der Waals surface area contributed by atoms with E-state index >= 15 is 0 Å². The van der Waals surface area contributed by atoms with Crippen LogP contribution in [0.25, 0.3) is 10.9 Å². The van der Waals surface area contributed by atoms with Gasteiger partial charge in [-0.15, -0.1) is 0 Å². The van der Waals surface area contributed by atoms with Crippen LogP contribution in [-0.2, 0) is 19.4 Å².